The highest BCUT2D eigenvalue weighted by molar-refractivity contribution is 9.11. The number of esters is 1. The standard InChI is InChI=1S/C13H11BrFNO2S/c1-18-13(17)10-3-2-9(15)5-11(10)16-6-8-4-12(14)19-7-8/h2-5,7,16H,6H2,1H3. The van der Waals surface area contributed by atoms with Gasteiger partial charge < -0.3 is 10.1 Å². The summed E-state index contributed by atoms with van der Waals surface area (Å²) in [6.45, 7) is 0.509. The van der Waals surface area contributed by atoms with Crippen LogP contribution in [-0.2, 0) is 11.3 Å². The highest BCUT2D eigenvalue weighted by Gasteiger charge is 2.12. The summed E-state index contributed by atoms with van der Waals surface area (Å²) in [5.41, 5.74) is 1.80. The fourth-order valence-corrected chi connectivity index (χ4v) is 2.80. The van der Waals surface area contributed by atoms with E-state index in [-0.39, 0.29) is 0 Å². The highest BCUT2D eigenvalue weighted by Crippen LogP contribution is 2.23. The van der Waals surface area contributed by atoms with Gasteiger partial charge in [-0.05, 0) is 51.1 Å². The van der Waals surface area contributed by atoms with Crippen LogP contribution in [0.2, 0.25) is 0 Å². The number of carbonyl (C=O) groups excluding carboxylic acids is 1. The maximum absolute atomic E-state index is 13.2. The monoisotopic (exact) mass is 343 g/mol. The number of thiophene rings is 1. The molecule has 19 heavy (non-hydrogen) atoms. The minimum atomic E-state index is -0.492. The van der Waals surface area contributed by atoms with Gasteiger partial charge >= 0.3 is 5.97 Å². The number of hydrogen-bond acceptors (Lipinski definition) is 4. The van der Waals surface area contributed by atoms with E-state index in [1.807, 2.05) is 11.4 Å². The normalized spacial score (nSPS) is 10.3. The van der Waals surface area contributed by atoms with Crippen LogP contribution < -0.4 is 5.32 Å². The van der Waals surface area contributed by atoms with Gasteiger partial charge in [-0.25, -0.2) is 9.18 Å². The molecule has 1 aromatic carbocycles. The van der Waals surface area contributed by atoms with Crippen molar-refractivity contribution in [2.24, 2.45) is 0 Å². The lowest BCUT2D eigenvalue weighted by molar-refractivity contribution is 0.0602. The van der Waals surface area contributed by atoms with Crippen LogP contribution in [0.5, 0.6) is 0 Å². The molecule has 0 unspecified atom stereocenters. The average Bonchev–Trinajstić information content (AvgIpc) is 2.81. The van der Waals surface area contributed by atoms with Gasteiger partial charge in [-0.2, -0.15) is 0 Å². The fraction of sp³-hybridized carbons (Fsp3) is 0.154. The van der Waals surface area contributed by atoms with Gasteiger partial charge in [0.25, 0.3) is 0 Å². The number of nitrogens with one attached hydrogen (secondary N) is 1. The largest absolute Gasteiger partial charge is 0.465 e. The zero-order chi connectivity index (χ0) is 13.8. The van der Waals surface area contributed by atoms with Gasteiger partial charge in [0.1, 0.15) is 5.82 Å². The number of benzene rings is 1. The molecular formula is C13H11BrFNO2S. The molecule has 2 rings (SSSR count). The summed E-state index contributed by atoms with van der Waals surface area (Å²) in [6, 6.07) is 5.90. The number of carbonyl (C=O) groups is 1. The molecule has 6 heteroatoms. The Labute approximate surface area is 122 Å². The van der Waals surface area contributed by atoms with Crippen LogP contribution in [0, 0.1) is 5.82 Å². The number of methoxy groups -OCH3 is 1. The summed E-state index contributed by atoms with van der Waals surface area (Å²) in [6.07, 6.45) is 0. The van der Waals surface area contributed by atoms with Crippen molar-refractivity contribution >= 4 is 38.9 Å². The Bertz CT molecular complexity index is 600. The SMILES string of the molecule is COC(=O)c1ccc(F)cc1NCc1csc(Br)c1. The molecule has 2 aromatic rings. The molecular weight excluding hydrogens is 333 g/mol. The third-order valence-electron chi connectivity index (χ3n) is 2.49. The quantitative estimate of drug-likeness (QED) is 0.851. The zero-order valence-corrected chi connectivity index (χ0v) is 12.5. The Hall–Kier alpha value is -1.40. The van der Waals surface area contributed by atoms with Crippen LogP contribution in [0.1, 0.15) is 15.9 Å². The molecule has 1 aromatic heterocycles. The molecule has 0 aliphatic carbocycles. The highest BCUT2D eigenvalue weighted by atomic mass is 79.9. The van der Waals surface area contributed by atoms with Crippen molar-refractivity contribution in [3.05, 3.63) is 50.4 Å². The Kier molecular flexibility index (Phi) is 4.55. The summed E-state index contributed by atoms with van der Waals surface area (Å²) in [5.74, 6) is -0.893. The van der Waals surface area contributed by atoms with E-state index in [0.717, 1.165) is 9.35 Å². The van der Waals surface area contributed by atoms with Gasteiger partial charge in [-0.3, -0.25) is 0 Å². The molecule has 0 bridgehead atoms. The van der Waals surface area contributed by atoms with Crippen LogP contribution in [0.25, 0.3) is 0 Å². The summed E-state index contributed by atoms with van der Waals surface area (Å²) in [4.78, 5) is 11.6. The minimum Gasteiger partial charge on any atom is -0.465 e. The van der Waals surface area contributed by atoms with E-state index in [2.05, 4.69) is 26.0 Å². The van der Waals surface area contributed by atoms with E-state index in [4.69, 9.17) is 0 Å². The zero-order valence-electron chi connectivity index (χ0n) is 10.1. The predicted octanol–water partition coefficient (Wildman–Crippen LogP) is 4.05. The Morgan fingerprint density at radius 1 is 1.47 bits per heavy atom. The summed E-state index contributed by atoms with van der Waals surface area (Å²) in [7, 11) is 1.30. The summed E-state index contributed by atoms with van der Waals surface area (Å²) >= 11 is 4.94. The maximum atomic E-state index is 13.2. The molecule has 0 spiro atoms. The van der Waals surface area contributed by atoms with Gasteiger partial charge in [0.05, 0.1) is 22.1 Å². The van der Waals surface area contributed by atoms with Crippen molar-refractivity contribution in [1.29, 1.82) is 0 Å². The molecule has 0 aliphatic rings. The van der Waals surface area contributed by atoms with E-state index < -0.39 is 11.8 Å². The molecule has 0 fully saturated rings. The fourth-order valence-electron chi connectivity index (χ4n) is 1.59. The molecule has 1 N–H and O–H groups in total. The van der Waals surface area contributed by atoms with Crippen LogP contribution in [0.15, 0.2) is 33.4 Å². The van der Waals surface area contributed by atoms with Crippen molar-refractivity contribution < 1.29 is 13.9 Å². The van der Waals surface area contributed by atoms with E-state index in [1.54, 1.807) is 11.3 Å². The predicted molar refractivity (Wildman–Crippen MR) is 77.1 cm³/mol. The Morgan fingerprint density at radius 3 is 2.89 bits per heavy atom. The van der Waals surface area contributed by atoms with Gasteiger partial charge in [-0.15, -0.1) is 11.3 Å². The van der Waals surface area contributed by atoms with Crippen LogP contribution in [0.4, 0.5) is 10.1 Å². The second-order valence-electron chi connectivity index (χ2n) is 3.79. The third-order valence-corrected chi connectivity index (χ3v) is 4.04. The first-order chi connectivity index (χ1) is 9.10. The third kappa shape index (κ3) is 3.54. The second-order valence-corrected chi connectivity index (χ2v) is 6.08. The van der Waals surface area contributed by atoms with Crippen molar-refractivity contribution in [2.45, 2.75) is 6.54 Å². The summed E-state index contributed by atoms with van der Waals surface area (Å²) in [5, 5.41) is 5.02. The average molecular weight is 344 g/mol. The lowest BCUT2D eigenvalue weighted by Gasteiger charge is -2.10. The molecule has 0 saturated carbocycles. The van der Waals surface area contributed by atoms with Crippen molar-refractivity contribution in [3.63, 3.8) is 0 Å². The lowest BCUT2D eigenvalue weighted by Crippen LogP contribution is -2.08. The van der Waals surface area contributed by atoms with Crippen LogP contribution >= 0.6 is 27.3 Å². The number of ether oxygens (including phenoxy) is 1. The maximum Gasteiger partial charge on any atom is 0.339 e. The van der Waals surface area contributed by atoms with Gasteiger partial charge in [0.15, 0.2) is 0 Å². The van der Waals surface area contributed by atoms with Crippen LogP contribution in [0.3, 0.4) is 0 Å². The number of anilines is 1. The molecule has 1 heterocycles. The van der Waals surface area contributed by atoms with E-state index in [1.165, 1.54) is 25.3 Å². The van der Waals surface area contributed by atoms with E-state index >= 15 is 0 Å². The second kappa shape index (κ2) is 6.16. The van der Waals surface area contributed by atoms with E-state index in [9.17, 15) is 9.18 Å². The number of halogens is 2. The van der Waals surface area contributed by atoms with Gasteiger partial charge in [0, 0.05) is 6.54 Å². The lowest BCUT2D eigenvalue weighted by atomic mass is 10.1. The van der Waals surface area contributed by atoms with Crippen molar-refractivity contribution in [3.8, 4) is 0 Å². The molecule has 0 aliphatic heterocycles. The Balaban J connectivity index is 2.18. The minimum absolute atomic E-state index is 0.318. The van der Waals surface area contributed by atoms with Gasteiger partial charge in [-0.1, -0.05) is 0 Å². The topological polar surface area (TPSA) is 38.3 Å². The molecule has 0 atom stereocenters. The Morgan fingerprint density at radius 2 is 2.26 bits per heavy atom. The molecule has 100 valence electrons. The smallest absolute Gasteiger partial charge is 0.339 e. The number of rotatable bonds is 4. The van der Waals surface area contributed by atoms with E-state index in [0.29, 0.717) is 17.8 Å². The summed E-state index contributed by atoms with van der Waals surface area (Å²) < 4.78 is 18.9. The van der Waals surface area contributed by atoms with Crippen LogP contribution in [-0.4, -0.2) is 13.1 Å². The van der Waals surface area contributed by atoms with Crippen molar-refractivity contribution in [1.82, 2.24) is 0 Å². The van der Waals surface area contributed by atoms with Crippen molar-refractivity contribution in [2.75, 3.05) is 12.4 Å². The van der Waals surface area contributed by atoms with Gasteiger partial charge in [0.2, 0.25) is 0 Å². The molecule has 0 saturated heterocycles. The first-order valence-electron chi connectivity index (χ1n) is 5.45. The first-order valence-corrected chi connectivity index (χ1v) is 7.12. The number of hydrogen-bond donors (Lipinski definition) is 1. The molecule has 3 nitrogen and oxygen atoms in total. The molecule has 0 amide bonds. The first kappa shape index (κ1) is 14.0. The molecule has 0 radical (unpaired) electrons.